The molecule has 1 N–H and O–H groups in total. The van der Waals surface area contributed by atoms with Crippen LogP contribution in [0.4, 0.5) is 0 Å². The number of carbonyl (C=O) groups is 2. The molecule has 1 aliphatic rings. The van der Waals surface area contributed by atoms with E-state index in [0.29, 0.717) is 19.4 Å². The first-order valence-corrected chi connectivity index (χ1v) is 6.07. The van der Waals surface area contributed by atoms with Gasteiger partial charge in [-0.15, -0.1) is 0 Å². The van der Waals surface area contributed by atoms with Crippen LogP contribution in [0.3, 0.4) is 0 Å². The molecule has 1 saturated heterocycles. The molecule has 5 nitrogen and oxygen atoms in total. The van der Waals surface area contributed by atoms with Crippen LogP contribution in [0.2, 0.25) is 0 Å². The third-order valence-electron chi connectivity index (χ3n) is 3.41. The molecule has 1 aliphatic heterocycles. The Labute approximate surface area is 105 Å². The summed E-state index contributed by atoms with van der Waals surface area (Å²) in [6, 6.07) is 3.18. The summed E-state index contributed by atoms with van der Waals surface area (Å²) in [5.74, 6) is -1.36. The molecule has 1 aromatic heterocycles. The summed E-state index contributed by atoms with van der Waals surface area (Å²) < 4.78 is 0. The zero-order valence-electron chi connectivity index (χ0n) is 10.2. The predicted octanol–water partition coefficient (Wildman–Crippen LogP) is 1.47. The zero-order chi connectivity index (χ0) is 13.1. The highest BCUT2D eigenvalue weighted by atomic mass is 16.4. The van der Waals surface area contributed by atoms with Crippen molar-refractivity contribution in [2.75, 3.05) is 6.54 Å². The van der Waals surface area contributed by atoms with Crippen molar-refractivity contribution < 1.29 is 14.7 Å². The molecule has 0 spiro atoms. The largest absolute Gasteiger partial charge is 0.481 e. The molecule has 1 amide bonds. The molecule has 1 aromatic rings. The first-order valence-electron chi connectivity index (χ1n) is 6.07. The van der Waals surface area contributed by atoms with Crippen LogP contribution in [0, 0.1) is 5.92 Å². The average Bonchev–Trinajstić information content (AvgIpc) is 2.39. The maximum atomic E-state index is 11.9. The lowest BCUT2D eigenvalue weighted by atomic mass is 9.84. The number of carbonyl (C=O) groups excluding carboxylic acids is 1. The second kappa shape index (κ2) is 5.16. The summed E-state index contributed by atoms with van der Waals surface area (Å²) in [5.41, 5.74) is 0.840. The molecule has 2 rings (SSSR count). The lowest BCUT2D eigenvalue weighted by Crippen LogP contribution is -2.45. The fourth-order valence-electron chi connectivity index (χ4n) is 2.56. The highest BCUT2D eigenvalue weighted by molar-refractivity contribution is 5.81. The van der Waals surface area contributed by atoms with Crippen LogP contribution < -0.4 is 0 Å². The Morgan fingerprint density at radius 3 is 2.72 bits per heavy atom. The number of hydrogen-bond donors (Lipinski definition) is 1. The Bertz CT molecular complexity index is 445. The van der Waals surface area contributed by atoms with E-state index < -0.39 is 11.9 Å². The van der Waals surface area contributed by atoms with Gasteiger partial charge in [0.1, 0.15) is 0 Å². The van der Waals surface area contributed by atoms with Gasteiger partial charge in [-0.1, -0.05) is 0 Å². The quantitative estimate of drug-likeness (QED) is 0.879. The standard InChI is InChI=1S/C13H16N2O3/c1-2-15-11(16)4-3-10(13(17)18)12(15)9-5-7-14-8-6-9/h5-8,10,12H,2-4H2,1H3,(H,17,18)/t10-,12-/m0/s1. The predicted molar refractivity (Wildman–Crippen MR) is 64.7 cm³/mol. The zero-order valence-corrected chi connectivity index (χ0v) is 10.2. The number of aromatic nitrogens is 1. The summed E-state index contributed by atoms with van der Waals surface area (Å²) in [7, 11) is 0. The average molecular weight is 248 g/mol. The van der Waals surface area contributed by atoms with E-state index in [0.717, 1.165) is 5.56 Å². The molecular weight excluding hydrogens is 232 g/mol. The number of pyridine rings is 1. The molecule has 2 heterocycles. The van der Waals surface area contributed by atoms with Crippen molar-refractivity contribution in [3.05, 3.63) is 30.1 Å². The fourth-order valence-corrected chi connectivity index (χ4v) is 2.56. The van der Waals surface area contributed by atoms with Crippen LogP contribution >= 0.6 is 0 Å². The van der Waals surface area contributed by atoms with Crippen LogP contribution in [0.5, 0.6) is 0 Å². The third-order valence-corrected chi connectivity index (χ3v) is 3.41. The lowest BCUT2D eigenvalue weighted by molar-refractivity contribution is -0.151. The van der Waals surface area contributed by atoms with Gasteiger partial charge in [0.05, 0.1) is 12.0 Å². The summed E-state index contributed by atoms with van der Waals surface area (Å²) in [4.78, 5) is 28.8. The van der Waals surface area contributed by atoms with Gasteiger partial charge in [0.2, 0.25) is 5.91 Å². The number of nitrogens with zero attached hydrogens (tertiary/aromatic N) is 2. The van der Waals surface area contributed by atoms with E-state index >= 15 is 0 Å². The van der Waals surface area contributed by atoms with Crippen LogP contribution in [0.15, 0.2) is 24.5 Å². The van der Waals surface area contributed by atoms with Gasteiger partial charge in [-0.25, -0.2) is 0 Å². The number of rotatable bonds is 3. The molecule has 0 radical (unpaired) electrons. The summed E-state index contributed by atoms with van der Waals surface area (Å²) >= 11 is 0. The minimum Gasteiger partial charge on any atom is -0.481 e. The summed E-state index contributed by atoms with van der Waals surface area (Å²) in [6.45, 7) is 2.39. The maximum Gasteiger partial charge on any atom is 0.308 e. The lowest BCUT2D eigenvalue weighted by Gasteiger charge is -2.39. The molecule has 0 saturated carbocycles. The molecule has 2 atom stereocenters. The van der Waals surface area contributed by atoms with Crippen molar-refractivity contribution in [3.8, 4) is 0 Å². The smallest absolute Gasteiger partial charge is 0.308 e. The van der Waals surface area contributed by atoms with Crippen molar-refractivity contribution in [2.45, 2.75) is 25.8 Å². The van der Waals surface area contributed by atoms with E-state index in [4.69, 9.17) is 0 Å². The van der Waals surface area contributed by atoms with E-state index in [2.05, 4.69) is 4.98 Å². The van der Waals surface area contributed by atoms with Crippen LogP contribution in [0.1, 0.15) is 31.4 Å². The van der Waals surface area contributed by atoms with Crippen molar-refractivity contribution in [1.82, 2.24) is 9.88 Å². The molecular formula is C13H16N2O3. The molecule has 96 valence electrons. The number of aliphatic carboxylic acids is 1. The normalized spacial score (nSPS) is 24.1. The molecule has 5 heteroatoms. The van der Waals surface area contributed by atoms with Gasteiger partial charge in [0.25, 0.3) is 0 Å². The minimum atomic E-state index is -0.845. The second-order valence-corrected chi connectivity index (χ2v) is 4.39. The Morgan fingerprint density at radius 2 is 2.17 bits per heavy atom. The first kappa shape index (κ1) is 12.5. The van der Waals surface area contributed by atoms with Gasteiger partial charge in [-0.2, -0.15) is 0 Å². The molecule has 0 aromatic carbocycles. The Morgan fingerprint density at radius 1 is 1.50 bits per heavy atom. The minimum absolute atomic E-state index is 0.0248. The summed E-state index contributed by atoms with van der Waals surface area (Å²) in [5, 5.41) is 9.32. The second-order valence-electron chi connectivity index (χ2n) is 4.39. The first-order chi connectivity index (χ1) is 8.65. The monoisotopic (exact) mass is 248 g/mol. The molecule has 0 bridgehead atoms. The third kappa shape index (κ3) is 2.20. The fraction of sp³-hybridized carbons (Fsp3) is 0.462. The van der Waals surface area contributed by atoms with Crippen LogP contribution in [-0.2, 0) is 9.59 Å². The number of piperidine rings is 1. The molecule has 1 fully saturated rings. The van der Waals surface area contributed by atoms with E-state index in [1.165, 1.54) is 0 Å². The Balaban J connectivity index is 2.40. The van der Waals surface area contributed by atoms with Crippen molar-refractivity contribution in [1.29, 1.82) is 0 Å². The maximum absolute atomic E-state index is 11.9. The van der Waals surface area contributed by atoms with Crippen molar-refractivity contribution in [2.24, 2.45) is 5.92 Å². The topological polar surface area (TPSA) is 70.5 Å². The highest BCUT2D eigenvalue weighted by Crippen LogP contribution is 2.36. The van der Waals surface area contributed by atoms with Gasteiger partial charge in [0, 0.05) is 25.4 Å². The van der Waals surface area contributed by atoms with Gasteiger partial charge in [0.15, 0.2) is 0 Å². The number of hydrogen-bond acceptors (Lipinski definition) is 3. The van der Waals surface area contributed by atoms with Gasteiger partial charge in [-0.05, 0) is 31.0 Å². The van der Waals surface area contributed by atoms with Crippen molar-refractivity contribution >= 4 is 11.9 Å². The van der Waals surface area contributed by atoms with Gasteiger partial charge >= 0.3 is 5.97 Å². The Kier molecular flexibility index (Phi) is 3.60. The summed E-state index contributed by atoms with van der Waals surface area (Å²) in [6.07, 6.45) is 3.96. The number of likely N-dealkylation sites (tertiary alicyclic amines) is 1. The van der Waals surface area contributed by atoms with Gasteiger partial charge < -0.3 is 10.0 Å². The van der Waals surface area contributed by atoms with E-state index in [1.807, 2.05) is 6.92 Å². The van der Waals surface area contributed by atoms with E-state index in [1.54, 1.807) is 29.4 Å². The SMILES string of the molecule is CCN1C(=O)CC[C@H](C(=O)O)[C@@H]1c1ccncc1. The number of carboxylic acid groups (broad SMARTS) is 1. The van der Waals surface area contributed by atoms with E-state index in [-0.39, 0.29) is 11.9 Å². The number of carboxylic acids is 1. The highest BCUT2D eigenvalue weighted by Gasteiger charge is 2.39. The van der Waals surface area contributed by atoms with Crippen LogP contribution in [0.25, 0.3) is 0 Å². The van der Waals surface area contributed by atoms with E-state index in [9.17, 15) is 14.7 Å². The van der Waals surface area contributed by atoms with Crippen molar-refractivity contribution in [3.63, 3.8) is 0 Å². The van der Waals surface area contributed by atoms with Crippen LogP contribution in [-0.4, -0.2) is 33.4 Å². The molecule has 0 aliphatic carbocycles. The molecule has 18 heavy (non-hydrogen) atoms. The Hall–Kier alpha value is -1.91. The van der Waals surface area contributed by atoms with Gasteiger partial charge in [-0.3, -0.25) is 14.6 Å². The molecule has 0 unspecified atom stereocenters. The number of amides is 1.